The van der Waals surface area contributed by atoms with Crippen LogP contribution in [0.4, 0.5) is 0 Å². The van der Waals surface area contributed by atoms with Crippen LogP contribution in [0.3, 0.4) is 0 Å². The molecule has 3 nitrogen and oxygen atoms in total. The molecule has 0 saturated heterocycles. The summed E-state index contributed by atoms with van der Waals surface area (Å²) >= 11 is 5.72. The minimum atomic E-state index is -3.19. The van der Waals surface area contributed by atoms with E-state index in [2.05, 4.69) is 4.72 Å². The van der Waals surface area contributed by atoms with Gasteiger partial charge in [0.25, 0.3) is 0 Å². The van der Waals surface area contributed by atoms with Gasteiger partial charge >= 0.3 is 0 Å². The number of sulfonamides is 1. The van der Waals surface area contributed by atoms with E-state index in [1.807, 2.05) is 34.6 Å². The Bertz CT molecular complexity index is 307. The quantitative estimate of drug-likeness (QED) is 0.730. The Balaban J connectivity index is 4.54. The first-order valence-electron chi connectivity index (χ1n) is 6.14. The van der Waals surface area contributed by atoms with Crippen LogP contribution in [0, 0.1) is 11.3 Å². The van der Waals surface area contributed by atoms with E-state index < -0.39 is 10.0 Å². The third kappa shape index (κ3) is 8.01. The lowest BCUT2D eigenvalue weighted by molar-refractivity contribution is 0.292. The summed E-state index contributed by atoms with van der Waals surface area (Å²) in [6.45, 7) is 10.1. The normalized spacial score (nSPS) is 15.2. The van der Waals surface area contributed by atoms with Crippen LogP contribution >= 0.6 is 11.6 Å². The molecule has 0 spiro atoms. The fourth-order valence-corrected chi connectivity index (χ4v) is 3.47. The molecule has 0 aliphatic rings. The van der Waals surface area contributed by atoms with Gasteiger partial charge in [-0.3, -0.25) is 0 Å². The number of nitrogens with one attached hydrogen (secondary N) is 1. The Kier molecular flexibility index (Phi) is 7.04. The van der Waals surface area contributed by atoms with Gasteiger partial charge in [-0.05, 0) is 24.2 Å². The molecule has 0 aromatic rings. The SMILES string of the molecule is CC(C)CCS(=O)(=O)NC(CCCl)C(C)(C)C. The molecule has 0 aliphatic carbocycles. The average Bonchev–Trinajstić information content (AvgIpc) is 2.13. The summed E-state index contributed by atoms with van der Waals surface area (Å²) in [5.41, 5.74) is -0.111. The van der Waals surface area contributed by atoms with E-state index in [0.29, 0.717) is 24.6 Å². The predicted molar refractivity (Wildman–Crippen MR) is 75.0 cm³/mol. The summed E-state index contributed by atoms with van der Waals surface area (Å²) in [5.74, 6) is 1.06. The highest BCUT2D eigenvalue weighted by Crippen LogP contribution is 2.23. The van der Waals surface area contributed by atoms with Crippen LogP contribution in [-0.4, -0.2) is 26.1 Å². The van der Waals surface area contributed by atoms with Gasteiger partial charge in [-0.15, -0.1) is 11.6 Å². The second kappa shape index (κ2) is 6.95. The van der Waals surface area contributed by atoms with Crippen molar-refractivity contribution in [1.82, 2.24) is 4.72 Å². The number of halogens is 1. The monoisotopic (exact) mass is 283 g/mol. The Labute approximate surface area is 111 Å². The predicted octanol–water partition coefficient (Wildman–Crippen LogP) is 3.00. The second-order valence-electron chi connectivity index (χ2n) is 6.02. The standard InChI is InChI=1S/C12H26ClNO2S/c1-10(2)7-9-17(15,16)14-11(6-8-13)12(3,4)5/h10-11,14H,6-9H2,1-5H3. The van der Waals surface area contributed by atoms with E-state index in [1.54, 1.807) is 0 Å². The third-order valence-electron chi connectivity index (χ3n) is 2.73. The van der Waals surface area contributed by atoms with Crippen LogP contribution in [0.15, 0.2) is 0 Å². The zero-order valence-corrected chi connectivity index (χ0v) is 13.2. The van der Waals surface area contributed by atoms with E-state index in [4.69, 9.17) is 11.6 Å². The van der Waals surface area contributed by atoms with Crippen LogP contribution in [-0.2, 0) is 10.0 Å². The van der Waals surface area contributed by atoms with Gasteiger partial charge in [0.05, 0.1) is 5.75 Å². The molecule has 1 unspecified atom stereocenters. The maximum absolute atomic E-state index is 11.9. The highest BCUT2D eigenvalue weighted by molar-refractivity contribution is 7.89. The fourth-order valence-electron chi connectivity index (χ4n) is 1.44. The Morgan fingerprint density at radius 1 is 1.18 bits per heavy atom. The van der Waals surface area contributed by atoms with E-state index in [1.165, 1.54) is 0 Å². The zero-order valence-electron chi connectivity index (χ0n) is 11.6. The first kappa shape index (κ1) is 17.2. The number of rotatable bonds is 7. The lowest BCUT2D eigenvalue weighted by Gasteiger charge is -2.30. The van der Waals surface area contributed by atoms with E-state index >= 15 is 0 Å². The van der Waals surface area contributed by atoms with E-state index in [-0.39, 0.29) is 17.2 Å². The van der Waals surface area contributed by atoms with Crippen molar-refractivity contribution in [3.8, 4) is 0 Å². The van der Waals surface area contributed by atoms with Crippen molar-refractivity contribution in [3.05, 3.63) is 0 Å². The van der Waals surface area contributed by atoms with Crippen LogP contribution in [0.2, 0.25) is 0 Å². The van der Waals surface area contributed by atoms with Crippen molar-refractivity contribution in [3.63, 3.8) is 0 Å². The van der Waals surface area contributed by atoms with Crippen LogP contribution in [0.1, 0.15) is 47.5 Å². The second-order valence-corrected chi connectivity index (χ2v) is 8.27. The molecule has 0 rings (SSSR count). The van der Waals surface area contributed by atoms with Crippen molar-refractivity contribution in [2.45, 2.75) is 53.5 Å². The summed E-state index contributed by atoms with van der Waals surface area (Å²) in [7, 11) is -3.19. The lowest BCUT2D eigenvalue weighted by Crippen LogP contribution is -2.44. The molecule has 0 aromatic heterocycles. The van der Waals surface area contributed by atoms with Crippen LogP contribution in [0.5, 0.6) is 0 Å². The smallest absolute Gasteiger partial charge is 0.211 e. The van der Waals surface area contributed by atoms with Gasteiger partial charge in [-0.1, -0.05) is 34.6 Å². The highest BCUT2D eigenvalue weighted by Gasteiger charge is 2.28. The number of hydrogen-bond donors (Lipinski definition) is 1. The average molecular weight is 284 g/mol. The summed E-state index contributed by atoms with van der Waals surface area (Å²) in [6, 6.07) is -0.0998. The maximum atomic E-state index is 11.9. The Morgan fingerprint density at radius 2 is 1.71 bits per heavy atom. The molecule has 0 bridgehead atoms. The molecule has 0 saturated carbocycles. The topological polar surface area (TPSA) is 46.2 Å². The van der Waals surface area contributed by atoms with Crippen molar-refractivity contribution in [2.24, 2.45) is 11.3 Å². The molecule has 0 amide bonds. The van der Waals surface area contributed by atoms with Crippen LogP contribution in [0.25, 0.3) is 0 Å². The van der Waals surface area contributed by atoms with Crippen molar-refractivity contribution in [1.29, 1.82) is 0 Å². The van der Waals surface area contributed by atoms with Gasteiger partial charge in [0.2, 0.25) is 10.0 Å². The molecule has 0 heterocycles. The van der Waals surface area contributed by atoms with E-state index in [0.717, 1.165) is 0 Å². The molecule has 0 fully saturated rings. The first-order valence-corrected chi connectivity index (χ1v) is 8.33. The fraction of sp³-hybridized carbons (Fsp3) is 1.00. The molecule has 5 heteroatoms. The highest BCUT2D eigenvalue weighted by atomic mass is 35.5. The van der Waals surface area contributed by atoms with Gasteiger partial charge in [-0.2, -0.15) is 0 Å². The largest absolute Gasteiger partial charge is 0.212 e. The number of alkyl halides is 1. The molecule has 17 heavy (non-hydrogen) atoms. The van der Waals surface area contributed by atoms with Crippen molar-refractivity contribution < 1.29 is 8.42 Å². The molecule has 1 N–H and O–H groups in total. The molecule has 104 valence electrons. The minimum absolute atomic E-state index is 0.0998. The summed E-state index contributed by atoms with van der Waals surface area (Å²) in [4.78, 5) is 0. The summed E-state index contributed by atoms with van der Waals surface area (Å²) in [6.07, 6.45) is 1.35. The van der Waals surface area contributed by atoms with Crippen molar-refractivity contribution in [2.75, 3.05) is 11.6 Å². The van der Waals surface area contributed by atoms with Gasteiger partial charge in [0.1, 0.15) is 0 Å². The molecule has 0 aliphatic heterocycles. The van der Waals surface area contributed by atoms with E-state index in [9.17, 15) is 8.42 Å². The molecule has 0 aromatic carbocycles. The molecule has 1 atom stereocenters. The molecular formula is C12H26ClNO2S. The van der Waals surface area contributed by atoms with Gasteiger partial charge in [0.15, 0.2) is 0 Å². The maximum Gasteiger partial charge on any atom is 0.211 e. The third-order valence-corrected chi connectivity index (χ3v) is 4.36. The zero-order chi connectivity index (χ0) is 13.7. The lowest BCUT2D eigenvalue weighted by atomic mass is 9.86. The Hall–Kier alpha value is 0.200. The summed E-state index contributed by atoms with van der Waals surface area (Å²) in [5, 5.41) is 0. The van der Waals surface area contributed by atoms with Crippen LogP contribution < -0.4 is 4.72 Å². The van der Waals surface area contributed by atoms with Gasteiger partial charge in [0, 0.05) is 11.9 Å². The Morgan fingerprint density at radius 3 is 2.06 bits per heavy atom. The molecule has 0 radical (unpaired) electrons. The first-order chi connectivity index (χ1) is 7.58. The van der Waals surface area contributed by atoms with Gasteiger partial charge < -0.3 is 0 Å². The van der Waals surface area contributed by atoms with Crippen molar-refractivity contribution >= 4 is 21.6 Å². The number of hydrogen-bond acceptors (Lipinski definition) is 2. The van der Waals surface area contributed by atoms with Gasteiger partial charge in [-0.25, -0.2) is 13.1 Å². The molecular weight excluding hydrogens is 258 g/mol. The minimum Gasteiger partial charge on any atom is -0.212 e. The summed E-state index contributed by atoms with van der Waals surface area (Å²) < 4.78 is 26.6.